The standard InChI is InChI=1S/C19H16N2O2/c1-2-10-23-19(22)16-12-18(13-6-5-7-14(20)11-13)21-17-9-4-3-8-15(16)17/h2-9,11-12H,1,10,20H2. The van der Waals surface area contributed by atoms with Gasteiger partial charge in [-0.2, -0.15) is 0 Å². The molecule has 0 amide bonds. The number of carbonyl (C=O) groups is 1. The average molecular weight is 304 g/mol. The predicted molar refractivity (Wildman–Crippen MR) is 92.1 cm³/mol. The summed E-state index contributed by atoms with van der Waals surface area (Å²) in [5, 5.41) is 0.759. The summed E-state index contributed by atoms with van der Waals surface area (Å²) in [6, 6.07) is 16.6. The molecule has 0 aliphatic heterocycles. The van der Waals surface area contributed by atoms with Crippen LogP contribution in [0.1, 0.15) is 10.4 Å². The molecule has 0 aliphatic rings. The lowest BCUT2D eigenvalue weighted by Crippen LogP contribution is -2.07. The van der Waals surface area contributed by atoms with E-state index < -0.39 is 5.97 Å². The maximum absolute atomic E-state index is 12.3. The van der Waals surface area contributed by atoms with Gasteiger partial charge in [0.1, 0.15) is 6.61 Å². The molecule has 0 radical (unpaired) electrons. The third-order valence-electron chi connectivity index (χ3n) is 3.45. The molecule has 4 heteroatoms. The monoisotopic (exact) mass is 304 g/mol. The number of esters is 1. The number of para-hydroxylation sites is 1. The molecule has 3 rings (SSSR count). The number of rotatable bonds is 4. The summed E-state index contributed by atoms with van der Waals surface area (Å²) in [6.45, 7) is 3.73. The normalized spacial score (nSPS) is 10.4. The summed E-state index contributed by atoms with van der Waals surface area (Å²) in [6.07, 6.45) is 1.54. The van der Waals surface area contributed by atoms with E-state index in [9.17, 15) is 4.79 Å². The average Bonchev–Trinajstić information content (AvgIpc) is 2.58. The van der Waals surface area contributed by atoms with Crippen molar-refractivity contribution < 1.29 is 9.53 Å². The van der Waals surface area contributed by atoms with Gasteiger partial charge < -0.3 is 10.5 Å². The lowest BCUT2D eigenvalue weighted by atomic mass is 10.0. The van der Waals surface area contributed by atoms with Gasteiger partial charge in [0.25, 0.3) is 0 Å². The maximum atomic E-state index is 12.3. The molecule has 0 unspecified atom stereocenters. The fraction of sp³-hybridized carbons (Fsp3) is 0.0526. The molecule has 1 aromatic heterocycles. The molecule has 4 nitrogen and oxygen atoms in total. The number of hydrogen-bond donors (Lipinski definition) is 1. The number of hydrogen-bond acceptors (Lipinski definition) is 4. The SMILES string of the molecule is C=CCOC(=O)c1cc(-c2cccc(N)c2)nc2ccccc12. The fourth-order valence-electron chi connectivity index (χ4n) is 2.40. The molecule has 0 aliphatic carbocycles. The lowest BCUT2D eigenvalue weighted by Gasteiger charge is -2.09. The molecule has 23 heavy (non-hydrogen) atoms. The van der Waals surface area contributed by atoms with Gasteiger partial charge in [0, 0.05) is 16.6 Å². The first-order valence-corrected chi connectivity index (χ1v) is 7.23. The van der Waals surface area contributed by atoms with Crippen molar-refractivity contribution in [1.29, 1.82) is 0 Å². The third-order valence-corrected chi connectivity index (χ3v) is 3.45. The van der Waals surface area contributed by atoms with Gasteiger partial charge in [0.05, 0.1) is 16.8 Å². The molecular weight excluding hydrogens is 288 g/mol. The first kappa shape index (κ1) is 14.8. The summed E-state index contributed by atoms with van der Waals surface area (Å²) in [5.74, 6) is -0.395. The van der Waals surface area contributed by atoms with E-state index in [1.165, 1.54) is 0 Å². The third kappa shape index (κ3) is 3.06. The predicted octanol–water partition coefficient (Wildman–Crippen LogP) is 3.83. The Morgan fingerprint density at radius 2 is 2.00 bits per heavy atom. The van der Waals surface area contributed by atoms with Crippen LogP contribution in [0.5, 0.6) is 0 Å². The highest BCUT2D eigenvalue weighted by Gasteiger charge is 2.14. The van der Waals surface area contributed by atoms with Gasteiger partial charge in [0.2, 0.25) is 0 Å². The minimum absolute atomic E-state index is 0.170. The number of aromatic nitrogens is 1. The molecule has 0 saturated heterocycles. The van der Waals surface area contributed by atoms with Gasteiger partial charge in [-0.25, -0.2) is 9.78 Å². The van der Waals surface area contributed by atoms with Gasteiger partial charge in [-0.3, -0.25) is 0 Å². The second kappa shape index (κ2) is 6.32. The number of ether oxygens (including phenoxy) is 1. The quantitative estimate of drug-likeness (QED) is 0.452. The Bertz CT molecular complexity index is 887. The first-order chi connectivity index (χ1) is 11.2. The van der Waals surface area contributed by atoms with Crippen LogP contribution in [0.2, 0.25) is 0 Å². The van der Waals surface area contributed by atoms with E-state index in [0.29, 0.717) is 16.9 Å². The van der Waals surface area contributed by atoms with Crippen LogP contribution in [0.3, 0.4) is 0 Å². The number of pyridine rings is 1. The second-order valence-electron chi connectivity index (χ2n) is 5.08. The zero-order valence-corrected chi connectivity index (χ0v) is 12.5. The van der Waals surface area contributed by atoms with Crippen molar-refractivity contribution in [3.63, 3.8) is 0 Å². The van der Waals surface area contributed by atoms with Crippen LogP contribution in [-0.4, -0.2) is 17.6 Å². The van der Waals surface area contributed by atoms with E-state index in [1.54, 1.807) is 12.1 Å². The number of benzene rings is 2. The van der Waals surface area contributed by atoms with E-state index >= 15 is 0 Å². The van der Waals surface area contributed by atoms with Gasteiger partial charge in [0.15, 0.2) is 0 Å². The molecule has 0 spiro atoms. The van der Waals surface area contributed by atoms with Gasteiger partial charge in [-0.1, -0.05) is 43.0 Å². The Hall–Kier alpha value is -3.14. The number of nitrogens with zero attached hydrogens (tertiary/aromatic N) is 1. The van der Waals surface area contributed by atoms with E-state index in [-0.39, 0.29) is 6.61 Å². The molecule has 114 valence electrons. The van der Waals surface area contributed by atoms with Crippen LogP contribution < -0.4 is 5.73 Å². The van der Waals surface area contributed by atoms with Crippen molar-refractivity contribution in [2.24, 2.45) is 0 Å². The summed E-state index contributed by atoms with van der Waals surface area (Å²) in [7, 11) is 0. The number of fused-ring (bicyclic) bond motifs is 1. The fourth-order valence-corrected chi connectivity index (χ4v) is 2.40. The number of nitrogens with two attached hydrogens (primary N) is 1. The van der Waals surface area contributed by atoms with Crippen molar-refractivity contribution >= 4 is 22.6 Å². The van der Waals surface area contributed by atoms with Gasteiger partial charge in [-0.05, 0) is 24.3 Å². The second-order valence-corrected chi connectivity index (χ2v) is 5.08. The van der Waals surface area contributed by atoms with Crippen molar-refractivity contribution in [1.82, 2.24) is 4.98 Å². The van der Waals surface area contributed by atoms with Crippen LogP contribution >= 0.6 is 0 Å². The summed E-state index contributed by atoms with van der Waals surface area (Å²) >= 11 is 0. The minimum Gasteiger partial charge on any atom is -0.458 e. The van der Waals surface area contributed by atoms with Crippen molar-refractivity contribution in [2.75, 3.05) is 12.3 Å². The molecule has 1 heterocycles. The Labute approximate surface area is 134 Å². The van der Waals surface area contributed by atoms with E-state index in [2.05, 4.69) is 11.6 Å². The molecule has 0 atom stereocenters. The largest absolute Gasteiger partial charge is 0.458 e. The zero-order valence-electron chi connectivity index (χ0n) is 12.5. The highest BCUT2D eigenvalue weighted by Crippen LogP contribution is 2.26. The Morgan fingerprint density at radius 3 is 2.78 bits per heavy atom. The summed E-state index contributed by atoms with van der Waals surface area (Å²) in [5.41, 5.74) is 9.24. The Morgan fingerprint density at radius 1 is 1.17 bits per heavy atom. The number of nitrogen functional groups attached to an aromatic ring is 1. The minimum atomic E-state index is -0.395. The van der Waals surface area contributed by atoms with Crippen LogP contribution in [0.4, 0.5) is 5.69 Å². The summed E-state index contributed by atoms with van der Waals surface area (Å²) in [4.78, 5) is 17.0. The topological polar surface area (TPSA) is 65.2 Å². The number of carbonyl (C=O) groups excluding carboxylic acids is 1. The van der Waals surface area contributed by atoms with Crippen molar-refractivity contribution in [2.45, 2.75) is 0 Å². The van der Waals surface area contributed by atoms with Crippen LogP contribution in [-0.2, 0) is 4.74 Å². The molecule has 0 fully saturated rings. The van der Waals surface area contributed by atoms with E-state index in [1.807, 2.05) is 48.5 Å². The van der Waals surface area contributed by atoms with Crippen molar-refractivity contribution in [3.05, 3.63) is 72.8 Å². The molecular formula is C19H16N2O2. The maximum Gasteiger partial charge on any atom is 0.339 e. The van der Waals surface area contributed by atoms with E-state index in [0.717, 1.165) is 16.5 Å². The van der Waals surface area contributed by atoms with Crippen LogP contribution in [0.25, 0.3) is 22.2 Å². The van der Waals surface area contributed by atoms with E-state index in [4.69, 9.17) is 10.5 Å². The van der Waals surface area contributed by atoms with Crippen molar-refractivity contribution in [3.8, 4) is 11.3 Å². The van der Waals surface area contributed by atoms with Crippen LogP contribution in [0.15, 0.2) is 67.3 Å². The number of anilines is 1. The highest BCUT2D eigenvalue weighted by molar-refractivity contribution is 6.04. The molecule has 2 N–H and O–H groups in total. The Kier molecular flexibility index (Phi) is 4.06. The summed E-state index contributed by atoms with van der Waals surface area (Å²) < 4.78 is 5.19. The smallest absolute Gasteiger partial charge is 0.339 e. The zero-order chi connectivity index (χ0) is 16.2. The van der Waals surface area contributed by atoms with Gasteiger partial charge in [-0.15, -0.1) is 0 Å². The molecule has 2 aromatic carbocycles. The van der Waals surface area contributed by atoms with Crippen LogP contribution in [0, 0.1) is 0 Å². The van der Waals surface area contributed by atoms with Gasteiger partial charge >= 0.3 is 5.97 Å². The first-order valence-electron chi connectivity index (χ1n) is 7.23. The highest BCUT2D eigenvalue weighted by atomic mass is 16.5. The molecule has 3 aromatic rings. The molecule has 0 bridgehead atoms. The lowest BCUT2D eigenvalue weighted by molar-refractivity contribution is 0.0552. The Balaban J connectivity index is 2.17. The molecule has 0 saturated carbocycles.